The molecular weight excluding hydrogens is 428 g/mol. The van der Waals surface area contributed by atoms with E-state index in [1.54, 1.807) is 43.3 Å². The molecule has 0 radical (unpaired) electrons. The third-order valence-electron chi connectivity index (χ3n) is 5.25. The van der Waals surface area contributed by atoms with E-state index in [0.717, 1.165) is 0 Å². The minimum absolute atomic E-state index is 0.00625. The predicted molar refractivity (Wildman–Crippen MR) is 116 cm³/mol. The van der Waals surface area contributed by atoms with Crippen molar-refractivity contribution in [3.05, 3.63) is 47.5 Å². The predicted octanol–water partition coefficient (Wildman–Crippen LogP) is 3.42. The van der Waals surface area contributed by atoms with Gasteiger partial charge in [0.1, 0.15) is 16.4 Å². The number of carbonyl (C=O) groups excluding carboxylic acids is 1. The summed E-state index contributed by atoms with van der Waals surface area (Å²) in [6, 6.07) is 11.7. The van der Waals surface area contributed by atoms with Gasteiger partial charge in [0.05, 0.1) is 20.1 Å². The number of piperidine rings is 1. The largest absolute Gasteiger partial charge is 0.497 e. The van der Waals surface area contributed by atoms with E-state index in [1.807, 2.05) is 6.07 Å². The number of benzene rings is 2. The number of sulfonamides is 1. The first-order chi connectivity index (χ1) is 14.3. The first-order valence-corrected chi connectivity index (χ1v) is 11.3. The lowest BCUT2D eigenvalue weighted by molar-refractivity contribution is -0.123. The van der Waals surface area contributed by atoms with Gasteiger partial charge >= 0.3 is 0 Å². The number of hydrogen-bond donors (Lipinski definition) is 0. The Labute approximate surface area is 182 Å². The normalized spacial score (nSPS) is 17.4. The van der Waals surface area contributed by atoms with Crippen molar-refractivity contribution >= 4 is 33.2 Å². The zero-order valence-corrected chi connectivity index (χ0v) is 18.7. The quantitative estimate of drug-likeness (QED) is 0.671. The summed E-state index contributed by atoms with van der Waals surface area (Å²) in [6.07, 6.45) is 1.20. The Morgan fingerprint density at radius 3 is 2.63 bits per heavy atom. The van der Waals surface area contributed by atoms with Crippen LogP contribution in [0.3, 0.4) is 0 Å². The van der Waals surface area contributed by atoms with Gasteiger partial charge in [0.15, 0.2) is 0 Å². The molecule has 0 bridgehead atoms. The molecular formula is C21H25ClN2O5S. The Kier molecular flexibility index (Phi) is 6.90. The van der Waals surface area contributed by atoms with Gasteiger partial charge in [-0.15, -0.1) is 0 Å². The maximum Gasteiger partial charge on any atom is 0.246 e. The molecule has 2 aromatic carbocycles. The Balaban J connectivity index is 1.82. The molecule has 0 aromatic heterocycles. The number of methoxy groups -OCH3 is 2. The highest BCUT2D eigenvalue weighted by atomic mass is 35.5. The van der Waals surface area contributed by atoms with Gasteiger partial charge in [-0.1, -0.05) is 17.7 Å². The molecule has 1 atom stereocenters. The van der Waals surface area contributed by atoms with E-state index < -0.39 is 15.9 Å². The lowest BCUT2D eigenvalue weighted by atomic mass is 9.98. The van der Waals surface area contributed by atoms with Crippen molar-refractivity contribution in [1.29, 1.82) is 0 Å². The topological polar surface area (TPSA) is 76.2 Å². The molecule has 1 saturated heterocycles. The van der Waals surface area contributed by atoms with Crippen molar-refractivity contribution in [3.8, 4) is 11.5 Å². The maximum absolute atomic E-state index is 13.3. The van der Waals surface area contributed by atoms with E-state index in [1.165, 1.54) is 23.5 Å². The number of anilines is 1. The van der Waals surface area contributed by atoms with Crippen LogP contribution in [0.5, 0.6) is 11.5 Å². The van der Waals surface area contributed by atoms with Gasteiger partial charge in [-0.3, -0.25) is 4.79 Å². The van der Waals surface area contributed by atoms with Crippen molar-refractivity contribution in [1.82, 2.24) is 4.31 Å². The molecule has 3 rings (SSSR count). The second-order valence-electron chi connectivity index (χ2n) is 7.10. The monoisotopic (exact) mass is 452 g/mol. The van der Waals surface area contributed by atoms with Gasteiger partial charge in [-0.2, -0.15) is 4.31 Å². The van der Waals surface area contributed by atoms with E-state index in [0.29, 0.717) is 35.8 Å². The summed E-state index contributed by atoms with van der Waals surface area (Å²) in [6.45, 7) is 0.440. The van der Waals surface area contributed by atoms with Crippen molar-refractivity contribution < 1.29 is 22.7 Å². The lowest BCUT2D eigenvalue weighted by Crippen LogP contribution is -2.46. The van der Waals surface area contributed by atoms with E-state index in [2.05, 4.69) is 0 Å². The zero-order chi connectivity index (χ0) is 21.9. The molecule has 30 heavy (non-hydrogen) atoms. The highest BCUT2D eigenvalue weighted by Gasteiger charge is 2.36. The summed E-state index contributed by atoms with van der Waals surface area (Å²) in [5, 5.41) is 0.303. The van der Waals surface area contributed by atoms with E-state index in [4.69, 9.17) is 21.1 Å². The molecule has 9 heteroatoms. The molecule has 1 aliphatic rings. The van der Waals surface area contributed by atoms with Crippen molar-refractivity contribution in [2.45, 2.75) is 17.7 Å². The van der Waals surface area contributed by atoms with E-state index in [9.17, 15) is 13.2 Å². The smallest absolute Gasteiger partial charge is 0.246 e. The summed E-state index contributed by atoms with van der Waals surface area (Å²) in [5.41, 5.74) is 0.691. The Morgan fingerprint density at radius 1 is 1.17 bits per heavy atom. The molecule has 0 N–H and O–H groups in total. The lowest BCUT2D eigenvalue weighted by Gasteiger charge is -2.33. The minimum atomic E-state index is -3.86. The fraction of sp³-hybridized carbons (Fsp3) is 0.381. The third-order valence-corrected chi connectivity index (χ3v) is 7.37. The highest BCUT2D eigenvalue weighted by molar-refractivity contribution is 7.89. The molecule has 0 aliphatic carbocycles. The number of halogens is 1. The molecule has 1 fully saturated rings. The molecule has 1 amide bonds. The number of carbonyl (C=O) groups is 1. The Morgan fingerprint density at radius 2 is 1.93 bits per heavy atom. The number of ether oxygens (including phenoxy) is 2. The highest BCUT2D eigenvalue weighted by Crippen LogP contribution is 2.32. The van der Waals surface area contributed by atoms with Gasteiger partial charge in [0.2, 0.25) is 15.9 Å². The van der Waals surface area contributed by atoms with Crippen LogP contribution < -0.4 is 14.4 Å². The van der Waals surface area contributed by atoms with Crippen molar-refractivity contribution in [2.75, 3.05) is 39.3 Å². The molecule has 7 nitrogen and oxygen atoms in total. The molecule has 0 unspecified atom stereocenters. The summed E-state index contributed by atoms with van der Waals surface area (Å²) < 4.78 is 38.3. The van der Waals surface area contributed by atoms with Crippen molar-refractivity contribution in [3.63, 3.8) is 0 Å². The van der Waals surface area contributed by atoms with Crippen LogP contribution in [0.4, 0.5) is 5.69 Å². The molecule has 1 heterocycles. The number of hydrogen-bond acceptors (Lipinski definition) is 5. The fourth-order valence-electron chi connectivity index (χ4n) is 3.57. The zero-order valence-electron chi connectivity index (χ0n) is 17.2. The van der Waals surface area contributed by atoms with Gasteiger partial charge in [-0.05, 0) is 43.2 Å². The summed E-state index contributed by atoms with van der Waals surface area (Å²) in [7, 11) is 0.798. The van der Waals surface area contributed by atoms with Crippen LogP contribution >= 0.6 is 11.6 Å². The van der Waals surface area contributed by atoms with Gasteiger partial charge < -0.3 is 14.4 Å². The first-order valence-electron chi connectivity index (χ1n) is 9.53. The molecule has 0 saturated carbocycles. The van der Waals surface area contributed by atoms with Crippen LogP contribution in [0.15, 0.2) is 47.4 Å². The molecule has 1 aliphatic heterocycles. The van der Waals surface area contributed by atoms with Crippen LogP contribution in [-0.4, -0.2) is 53.0 Å². The van der Waals surface area contributed by atoms with Crippen molar-refractivity contribution in [2.24, 2.45) is 5.92 Å². The van der Waals surface area contributed by atoms with Gasteiger partial charge in [0, 0.05) is 36.9 Å². The van der Waals surface area contributed by atoms with E-state index >= 15 is 0 Å². The number of nitrogens with zero attached hydrogens (tertiary/aromatic N) is 2. The molecule has 0 spiro atoms. The van der Waals surface area contributed by atoms with Crippen LogP contribution in [0.2, 0.25) is 5.02 Å². The minimum Gasteiger partial charge on any atom is -0.497 e. The summed E-state index contributed by atoms with van der Waals surface area (Å²) >= 11 is 6.02. The maximum atomic E-state index is 13.3. The van der Waals surface area contributed by atoms with E-state index in [-0.39, 0.29) is 23.1 Å². The van der Waals surface area contributed by atoms with Gasteiger partial charge in [0.25, 0.3) is 0 Å². The van der Waals surface area contributed by atoms with Crippen LogP contribution in [0.1, 0.15) is 12.8 Å². The number of rotatable bonds is 6. The van der Waals surface area contributed by atoms with Crippen LogP contribution in [0.25, 0.3) is 0 Å². The SMILES string of the molecule is COc1cccc(N(C)C(=O)[C@H]2CCCN(S(=O)(=O)c3cc(Cl)ccc3OC)C2)c1. The van der Waals surface area contributed by atoms with Gasteiger partial charge in [-0.25, -0.2) is 8.42 Å². The third kappa shape index (κ3) is 4.55. The standard InChI is InChI=1S/C21H25ClN2O5S/c1-23(17-7-4-8-18(13-17)28-2)21(25)15-6-5-11-24(14-15)30(26,27)20-12-16(22)9-10-19(20)29-3/h4,7-10,12-13,15H,5-6,11,14H2,1-3H3/t15-/m0/s1. The Hall–Kier alpha value is -2.29. The summed E-state index contributed by atoms with van der Waals surface area (Å²) in [5.74, 6) is 0.283. The molecule has 2 aromatic rings. The average Bonchev–Trinajstić information content (AvgIpc) is 2.78. The number of amides is 1. The summed E-state index contributed by atoms with van der Waals surface area (Å²) in [4.78, 5) is 14.7. The van der Waals surface area contributed by atoms with Crippen LogP contribution in [0, 0.1) is 5.92 Å². The second kappa shape index (κ2) is 9.24. The second-order valence-corrected chi connectivity index (χ2v) is 9.44. The fourth-order valence-corrected chi connectivity index (χ4v) is 5.52. The average molecular weight is 453 g/mol. The Bertz CT molecular complexity index is 1030. The van der Waals surface area contributed by atoms with Crippen LogP contribution in [-0.2, 0) is 14.8 Å². The molecule has 162 valence electrons. The first kappa shape index (κ1) is 22.4.